The predicted octanol–water partition coefficient (Wildman–Crippen LogP) is 2.89. The highest BCUT2D eigenvalue weighted by atomic mass is 16.3. The molecule has 0 bridgehead atoms. The zero-order chi connectivity index (χ0) is 14.7. The van der Waals surface area contributed by atoms with Crippen molar-refractivity contribution in [1.82, 2.24) is 10.2 Å². The molecule has 1 unspecified atom stereocenters. The number of rotatable bonds is 12. The lowest BCUT2D eigenvalue weighted by Crippen LogP contribution is -2.48. The van der Waals surface area contributed by atoms with Gasteiger partial charge in [-0.3, -0.25) is 0 Å². The Hall–Kier alpha value is -0.120. The van der Waals surface area contributed by atoms with Crippen LogP contribution in [0, 0.1) is 5.92 Å². The van der Waals surface area contributed by atoms with E-state index < -0.39 is 0 Å². The van der Waals surface area contributed by atoms with Gasteiger partial charge in [0.05, 0.1) is 6.61 Å². The molecule has 0 amide bonds. The number of nitrogens with zero attached hydrogens (tertiary/aromatic N) is 1. The Kier molecular flexibility index (Phi) is 10.6. The molecule has 19 heavy (non-hydrogen) atoms. The molecule has 0 aliphatic heterocycles. The Bertz CT molecular complexity index is 203. The average molecular weight is 272 g/mol. The van der Waals surface area contributed by atoms with E-state index in [0.717, 1.165) is 44.7 Å². The van der Waals surface area contributed by atoms with Crippen molar-refractivity contribution in [2.75, 3.05) is 33.3 Å². The van der Waals surface area contributed by atoms with E-state index in [-0.39, 0.29) is 12.1 Å². The monoisotopic (exact) mass is 272 g/mol. The van der Waals surface area contributed by atoms with Gasteiger partial charge in [-0.1, -0.05) is 27.7 Å². The summed E-state index contributed by atoms with van der Waals surface area (Å²) in [6.07, 6.45) is 5.60. The summed E-state index contributed by atoms with van der Waals surface area (Å²) < 4.78 is 0. The van der Waals surface area contributed by atoms with E-state index in [2.05, 4.69) is 45.0 Å². The van der Waals surface area contributed by atoms with E-state index in [0.29, 0.717) is 0 Å². The SMILES string of the molecule is CCCNC(CC)(CO)CCCN(C)CCC(C)C. The molecule has 3 nitrogen and oxygen atoms in total. The normalized spacial score (nSPS) is 15.2. The molecule has 0 aromatic heterocycles. The van der Waals surface area contributed by atoms with E-state index >= 15 is 0 Å². The van der Waals surface area contributed by atoms with Crippen LogP contribution in [0.15, 0.2) is 0 Å². The van der Waals surface area contributed by atoms with Crippen LogP contribution in [-0.4, -0.2) is 48.8 Å². The van der Waals surface area contributed by atoms with Crippen LogP contribution in [0.25, 0.3) is 0 Å². The molecule has 0 rings (SSSR count). The minimum atomic E-state index is -0.0606. The van der Waals surface area contributed by atoms with E-state index in [4.69, 9.17) is 0 Å². The maximum Gasteiger partial charge on any atom is 0.0613 e. The van der Waals surface area contributed by atoms with Gasteiger partial charge in [0.2, 0.25) is 0 Å². The van der Waals surface area contributed by atoms with Crippen molar-refractivity contribution in [3.05, 3.63) is 0 Å². The molecule has 0 aliphatic carbocycles. The van der Waals surface area contributed by atoms with Gasteiger partial charge in [-0.2, -0.15) is 0 Å². The third-order valence-corrected chi connectivity index (χ3v) is 4.01. The summed E-state index contributed by atoms with van der Waals surface area (Å²) in [5.41, 5.74) is -0.0606. The number of nitrogens with one attached hydrogen (secondary N) is 1. The van der Waals surface area contributed by atoms with Gasteiger partial charge in [0.1, 0.15) is 0 Å². The molecule has 0 radical (unpaired) electrons. The van der Waals surface area contributed by atoms with Crippen molar-refractivity contribution in [2.45, 2.75) is 65.3 Å². The second kappa shape index (κ2) is 10.6. The molecule has 0 saturated carbocycles. The summed E-state index contributed by atoms with van der Waals surface area (Å²) >= 11 is 0. The van der Waals surface area contributed by atoms with Gasteiger partial charge in [-0.15, -0.1) is 0 Å². The van der Waals surface area contributed by atoms with Crippen LogP contribution < -0.4 is 5.32 Å². The molecule has 0 fully saturated rings. The van der Waals surface area contributed by atoms with Crippen molar-refractivity contribution in [2.24, 2.45) is 5.92 Å². The molecule has 1 atom stereocenters. The number of aliphatic hydroxyl groups is 1. The smallest absolute Gasteiger partial charge is 0.0613 e. The van der Waals surface area contributed by atoms with Crippen LogP contribution in [0.1, 0.15) is 59.8 Å². The first-order valence-corrected chi connectivity index (χ1v) is 8.04. The Labute approximate surface area is 120 Å². The lowest BCUT2D eigenvalue weighted by atomic mass is 9.91. The largest absolute Gasteiger partial charge is 0.394 e. The van der Waals surface area contributed by atoms with E-state index in [1.807, 2.05) is 0 Å². The Morgan fingerprint density at radius 3 is 2.37 bits per heavy atom. The highest BCUT2D eigenvalue weighted by molar-refractivity contribution is 4.86. The van der Waals surface area contributed by atoms with Gasteiger partial charge < -0.3 is 15.3 Å². The zero-order valence-corrected chi connectivity index (χ0v) is 13.8. The molecule has 0 aromatic rings. The Morgan fingerprint density at radius 1 is 1.21 bits per heavy atom. The molecule has 0 saturated heterocycles. The fraction of sp³-hybridized carbons (Fsp3) is 1.00. The molecular weight excluding hydrogens is 236 g/mol. The van der Waals surface area contributed by atoms with E-state index in [9.17, 15) is 5.11 Å². The summed E-state index contributed by atoms with van der Waals surface area (Å²) in [6, 6.07) is 0. The Morgan fingerprint density at radius 2 is 1.89 bits per heavy atom. The predicted molar refractivity (Wildman–Crippen MR) is 84.6 cm³/mol. The van der Waals surface area contributed by atoms with Crippen LogP contribution in [0.5, 0.6) is 0 Å². The highest BCUT2D eigenvalue weighted by Crippen LogP contribution is 2.17. The lowest BCUT2D eigenvalue weighted by molar-refractivity contribution is 0.140. The van der Waals surface area contributed by atoms with Crippen LogP contribution in [-0.2, 0) is 0 Å². The minimum Gasteiger partial charge on any atom is -0.394 e. The molecule has 116 valence electrons. The minimum absolute atomic E-state index is 0.0606. The van der Waals surface area contributed by atoms with E-state index in [1.54, 1.807) is 0 Å². The molecule has 3 heteroatoms. The summed E-state index contributed by atoms with van der Waals surface area (Å²) in [7, 11) is 2.20. The first-order valence-electron chi connectivity index (χ1n) is 8.04. The maximum absolute atomic E-state index is 9.67. The van der Waals surface area contributed by atoms with Gasteiger partial charge in [0, 0.05) is 5.54 Å². The van der Waals surface area contributed by atoms with Gasteiger partial charge in [-0.05, 0) is 64.7 Å². The second-order valence-corrected chi connectivity index (χ2v) is 6.31. The van der Waals surface area contributed by atoms with E-state index in [1.165, 1.54) is 13.0 Å². The van der Waals surface area contributed by atoms with Gasteiger partial charge in [0.15, 0.2) is 0 Å². The standard InChI is InChI=1S/C16H36N2O/c1-6-11-17-16(7-2,14-19)10-8-12-18(5)13-9-15(3)4/h15,17,19H,6-14H2,1-5H3. The molecule has 2 N–H and O–H groups in total. The number of aliphatic hydroxyl groups excluding tert-OH is 1. The summed E-state index contributed by atoms with van der Waals surface area (Å²) in [6.45, 7) is 12.4. The number of hydrogen-bond donors (Lipinski definition) is 2. The van der Waals surface area contributed by atoms with Crippen molar-refractivity contribution in [3.63, 3.8) is 0 Å². The summed E-state index contributed by atoms with van der Waals surface area (Å²) in [5.74, 6) is 0.779. The molecule has 0 spiro atoms. The summed E-state index contributed by atoms with van der Waals surface area (Å²) in [5, 5.41) is 13.2. The van der Waals surface area contributed by atoms with Crippen LogP contribution in [0.4, 0.5) is 0 Å². The van der Waals surface area contributed by atoms with Crippen molar-refractivity contribution in [3.8, 4) is 0 Å². The fourth-order valence-corrected chi connectivity index (χ4v) is 2.30. The van der Waals surface area contributed by atoms with Gasteiger partial charge in [0.25, 0.3) is 0 Å². The first kappa shape index (κ1) is 18.9. The van der Waals surface area contributed by atoms with Crippen LogP contribution >= 0.6 is 0 Å². The van der Waals surface area contributed by atoms with Gasteiger partial charge >= 0.3 is 0 Å². The topological polar surface area (TPSA) is 35.5 Å². The third kappa shape index (κ3) is 8.61. The molecule has 0 aromatic carbocycles. The van der Waals surface area contributed by atoms with Crippen molar-refractivity contribution in [1.29, 1.82) is 0 Å². The Balaban J connectivity index is 3.97. The van der Waals surface area contributed by atoms with Crippen LogP contribution in [0.3, 0.4) is 0 Å². The maximum atomic E-state index is 9.67. The second-order valence-electron chi connectivity index (χ2n) is 6.31. The molecular formula is C16H36N2O. The average Bonchev–Trinajstić information content (AvgIpc) is 2.40. The quantitative estimate of drug-likeness (QED) is 0.573. The first-order chi connectivity index (χ1) is 8.99. The lowest BCUT2D eigenvalue weighted by Gasteiger charge is -2.33. The number of hydrogen-bond acceptors (Lipinski definition) is 3. The van der Waals surface area contributed by atoms with Crippen molar-refractivity contribution >= 4 is 0 Å². The summed E-state index contributed by atoms with van der Waals surface area (Å²) in [4.78, 5) is 2.41. The highest BCUT2D eigenvalue weighted by Gasteiger charge is 2.25. The van der Waals surface area contributed by atoms with Gasteiger partial charge in [-0.25, -0.2) is 0 Å². The molecule has 0 aliphatic rings. The van der Waals surface area contributed by atoms with Crippen LogP contribution in [0.2, 0.25) is 0 Å². The zero-order valence-electron chi connectivity index (χ0n) is 13.8. The molecule has 0 heterocycles. The third-order valence-electron chi connectivity index (χ3n) is 4.01. The fourth-order valence-electron chi connectivity index (χ4n) is 2.30. The van der Waals surface area contributed by atoms with Crippen molar-refractivity contribution < 1.29 is 5.11 Å².